The molecule has 1 saturated carbocycles. The highest BCUT2D eigenvalue weighted by molar-refractivity contribution is 7.17. The van der Waals surface area contributed by atoms with E-state index in [0.29, 0.717) is 6.04 Å². The van der Waals surface area contributed by atoms with Crippen molar-refractivity contribution in [2.75, 3.05) is 38.2 Å². The van der Waals surface area contributed by atoms with E-state index in [2.05, 4.69) is 31.9 Å². The van der Waals surface area contributed by atoms with Crippen LogP contribution < -0.4 is 5.32 Å². The van der Waals surface area contributed by atoms with Crippen molar-refractivity contribution in [3.63, 3.8) is 0 Å². The maximum atomic E-state index is 13.9. The van der Waals surface area contributed by atoms with Crippen molar-refractivity contribution in [3.8, 4) is 11.3 Å². The molecule has 2 aliphatic heterocycles. The molecule has 0 spiro atoms. The van der Waals surface area contributed by atoms with Gasteiger partial charge in [0.2, 0.25) is 0 Å². The van der Waals surface area contributed by atoms with E-state index in [1.165, 1.54) is 51.4 Å². The van der Waals surface area contributed by atoms with Crippen LogP contribution in [0.2, 0.25) is 0 Å². The van der Waals surface area contributed by atoms with Crippen LogP contribution in [-0.2, 0) is 4.74 Å². The standard InChI is InChI=1S/C26H31FN4OS/c1-16-2-3-20(27)12-23(16)24-25-22(6-9-33-25)26(30-29-24)28-21-10-18-14-31(15-19(18)11-21)13-17-4-7-32-8-5-17/h2-3,6,9,12,17-19,21H,4-5,7-8,10-11,13-15H2,1H3,(H,28,30)/t18-,19+,21?. The van der Waals surface area contributed by atoms with Gasteiger partial charge in [-0.2, -0.15) is 0 Å². The number of thiophene rings is 1. The third kappa shape index (κ3) is 4.27. The molecule has 3 aromatic rings. The van der Waals surface area contributed by atoms with Crippen molar-refractivity contribution in [1.29, 1.82) is 0 Å². The van der Waals surface area contributed by atoms with Gasteiger partial charge >= 0.3 is 0 Å². The van der Waals surface area contributed by atoms with Crippen LogP contribution in [0.25, 0.3) is 21.3 Å². The zero-order valence-corrected chi connectivity index (χ0v) is 19.9. The van der Waals surface area contributed by atoms with E-state index >= 15 is 0 Å². The fourth-order valence-electron chi connectivity index (χ4n) is 6.16. The number of likely N-dealkylation sites (tertiary alicyclic amines) is 1. The van der Waals surface area contributed by atoms with Crippen LogP contribution in [0.3, 0.4) is 0 Å². The Bertz CT molecular complexity index is 1130. The molecular formula is C26H31FN4OS. The Hall–Kier alpha value is -2.09. The Balaban J connectivity index is 1.14. The second kappa shape index (κ2) is 8.93. The van der Waals surface area contributed by atoms with E-state index in [9.17, 15) is 4.39 Å². The Kier molecular flexibility index (Phi) is 5.80. The first kappa shape index (κ1) is 21.4. The SMILES string of the molecule is Cc1ccc(F)cc1-c1nnc(NC2C[C@@H]3CN(CC4CCOCC4)C[C@@H]3C2)c2ccsc12. The summed E-state index contributed by atoms with van der Waals surface area (Å²) in [5.41, 5.74) is 2.60. The Morgan fingerprint density at radius 1 is 1.12 bits per heavy atom. The zero-order chi connectivity index (χ0) is 22.4. The Morgan fingerprint density at radius 2 is 1.91 bits per heavy atom. The molecule has 0 bridgehead atoms. The van der Waals surface area contributed by atoms with Crippen LogP contribution in [0.5, 0.6) is 0 Å². The molecule has 0 amide bonds. The minimum absolute atomic E-state index is 0.243. The monoisotopic (exact) mass is 466 g/mol. The number of halogens is 1. The first-order valence-corrected chi connectivity index (χ1v) is 13.1. The number of aryl methyl sites for hydroxylation is 1. The van der Waals surface area contributed by atoms with E-state index in [4.69, 9.17) is 4.74 Å². The number of nitrogens with one attached hydrogen (secondary N) is 1. The van der Waals surface area contributed by atoms with Crippen molar-refractivity contribution >= 4 is 27.2 Å². The fraction of sp³-hybridized carbons (Fsp3) is 0.538. The molecule has 174 valence electrons. The summed E-state index contributed by atoms with van der Waals surface area (Å²) in [7, 11) is 0. The lowest BCUT2D eigenvalue weighted by Gasteiger charge is -2.27. The number of hydrogen-bond acceptors (Lipinski definition) is 6. The molecule has 3 aliphatic rings. The van der Waals surface area contributed by atoms with Crippen molar-refractivity contribution < 1.29 is 9.13 Å². The number of hydrogen-bond donors (Lipinski definition) is 1. The predicted molar refractivity (Wildman–Crippen MR) is 131 cm³/mol. The van der Waals surface area contributed by atoms with Crippen LogP contribution in [0, 0.1) is 30.5 Å². The molecule has 3 atom stereocenters. The average Bonchev–Trinajstić information content (AvgIpc) is 3.52. The molecule has 5 nitrogen and oxygen atoms in total. The molecule has 3 fully saturated rings. The number of benzene rings is 1. The van der Waals surface area contributed by atoms with Gasteiger partial charge in [0.05, 0.1) is 4.70 Å². The topological polar surface area (TPSA) is 50.3 Å². The van der Waals surface area contributed by atoms with Gasteiger partial charge in [-0.05, 0) is 79.5 Å². The maximum absolute atomic E-state index is 13.9. The number of fused-ring (bicyclic) bond motifs is 2. The number of rotatable bonds is 5. The molecule has 7 heteroatoms. The molecule has 0 radical (unpaired) electrons. The highest BCUT2D eigenvalue weighted by atomic mass is 32.1. The lowest BCUT2D eigenvalue weighted by molar-refractivity contribution is 0.0545. The Labute approximate surface area is 198 Å². The minimum atomic E-state index is -0.243. The van der Waals surface area contributed by atoms with Gasteiger partial charge in [0.15, 0.2) is 5.82 Å². The molecule has 1 aromatic carbocycles. The van der Waals surface area contributed by atoms with Gasteiger partial charge in [0, 0.05) is 49.8 Å². The third-order valence-corrected chi connectivity index (χ3v) is 8.79. The summed E-state index contributed by atoms with van der Waals surface area (Å²) in [6, 6.07) is 7.43. The first-order chi connectivity index (χ1) is 16.1. The number of aromatic nitrogens is 2. The van der Waals surface area contributed by atoms with Crippen LogP contribution in [0.15, 0.2) is 29.6 Å². The summed E-state index contributed by atoms with van der Waals surface area (Å²) in [4.78, 5) is 2.70. The van der Waals surface area contributed by atoms with Crippen molar-refractivity contribution in [1.82, 2.24) is 15.1 Å². The zero-order valence-electron chi connectivity index (χ0n) is 19.1. The lowest BCUT2D eigenvalue weighted by Crippen LogP contribution is -2.32. The molecule has 33 heavy (non-hydrogen) atoms. The Morgan fingerprint density at radius 3 is 2.70 bits per heavy atom. The minimum Gasteiger partial charge on any atom is -0.381 e. The largest absolute Gasteiger partial charge is 0.381 e. The van der Waals surface area contributed by atoms with Gasteiger partial charge in [-0.25, -0.2) is 4.39 Å². The first-order valence-electron chi connectivity index (χ1n) is 12.2. The van der Waals surface area contributed by atoms with Crippen LogP contribution in [0.1, 0.15) is 31.2 Å². The van der Waals surface area contributed by atoms with Crippen molar-refractivity contribution in [2.45, 2.75) is 38.6 Å². The summed E-state index contributed by atoms with van der Waals surface area (Å²) in [6.07, 6.45) is 4.84. The van der Waals surface area contributed by atoms with Gasteiger partial charge in [-0.15, -0.1) is 21.5 Å². The van der Waals surface area contributed by atoms with Gasteiger partial charge in [0.1, 0.15) is 11.5 Å². The highest BCUT2D eigenvalue weighted by Gasteiger charge is 2.41. The fourth-order valence-corrected chi connectivity index (χ4v) is 7.06. The lowest BCUT2D eigenvalue weighted by atomic mass is 10.00. The molecule has 6 rings (SSSR count). The summed E-state index contributed by atoms with van der Waals surface area (Å²) in [5, 5.41) is 16.0. The van der Waals surface area contributed by atoms with Gasteiger partial charge in [0.25, 0.3) is 0 Å². The van der Waals surface area contributed by atoms with E-state index in [-0.39, 0.29) is 5.82 Å². The van der Waals surface area contributed by atoms with Gasteiger partial charge in [-0.1, -0.05) is 6.07 Å². The second-order valence-corrected chi connectivity index (χ2v) is 11.0. The molecule has 4 heterocycles. The number of nitrogens with zero attached hydrogens (tertiary/aromatic N) is 3. The number of anilines is 1. The van der Waals surface area contributed by atoms with Gasteiger partial charge in [-0.3, -0.25) is 0 Å². The third-order valence-electron chi connectivity index (χ3n) is 7.86. The van der Waals surface area contributed by atoms with Gasteiger partial charge < -0.3 is 15.0 Å². The smallest absolute Gasteiger partial charge is 0.157 e. The molecule has 1 N–H and O–H groups in total. The van der Waals surface area contributed by atoms with E-state index < -0.39 is 0 Å². The quantitative estimate of drug-likeness (QED) is 0.549. The maximum Gasteiger partial charge on any atom is 0.157 e. The second-order valence-electron chi connectivity index (χ2n) is 10.1. The average molecular weight is 467 g/mol. The van der Waals surface area contributed by atoms with E-state index in [1.807, 2.05) is 6.92 Å². The summed E-state index contributed by atoms with van der Waals surface area (Å²) < 4.78 is 20.5. The highest BCUT2D eigenvalue weighted by Crippen LogP contribution is 2.41. The van der Waals surface area contributed by atoms with Crippen LogP contribution in [0.4, 0.5) is 10.2 Å². The molecule has 2 saturated heterocycles. The molecular weight excluding hydrogens is 435 g/mol. The van der Waals surface area contributed by atoms with Crippen molar-refractivity contribution in [3.05, 3.63) is 41.0 Å². The molecule has 1 unspecified atom stereocenters. The molecule has 2 aromatic heterocycles. The number of ether oxygens (including phenoxy) is 1. The summed E-state index contributed by atoms with van der Waals surface area (Å²) >= 11 is 1.65. The molecule has 1 aliphatic carbocycles. The predicted octanol–water partition coefficient (Wildman–Crippen LogP) is 5.35. The summed E-state index contributed by atoms with van der Waals surface area (Å²) in [5.74, 6) is 3.00. The van der Waals surface area contributed by atoms with Crippen LogP contribution >= 0.6 is 11.3 Å². The van der Waals surface area contributed by atoms with Crippen LogP contribution in [-0.4, -0.2) is 54.0 Å². The van der Waals surface area contributed by atoms with E-state index in [0.717, 1.165) is 63.7 Å². The normalized spacial score (nSPS) is 26.2. The summed E-state index contributed by atoms with van der Waals surface area (Å²) in [6.45, 7) is 7.58. The van der Waals surface area contributed by atoms with Crippen molar-refractivity contribution in [2.24, 2.45) is 17.8 Å². The van der Waals surface area contributed by atoms with E-state index in [1.54, 1.807) is 23.5 Å².